The molecule has 0 fully saturated rings. The average Bonchev–Trinajstić information content (AvgIpc) is 2.61. The van der Waals surface area contributed by atoms with Crippen molar-refractivity contribution in [3.63, 3.8) is 0 Å². The van der Waals surface area contributed by atoms with Gasteiger partial charge in [-0.2, -0.15) is 10.2 Å². The number of rotatable bonds is 4. The number of anilines is 1. The minimum absolute atomic E-state index is 0.0205. The van der Waals surface area contributed by atoms with Gasteiger partial charge in [-0.1, -0.05) is 29.8 Å². The minimum atomic E-state index is -0.464. The number of hydrazone groups is 1. The van der Waals surface area contributed by atoms with Crippen LogP contribution in [0.4, 0.5) is 5.69 Å². The SMILES string of the molecule is COc1ccc2cc(/C(C)=N\Nc3cn[nH]c(=O)c3Cl)ccc2c1. The number of aromatic amines is 1. The fourth-order valence-corrected chi connectivity index (χ4v) is 2.38. The molecule has 0 aliphatic heterocycles. The van der Waals surface area contributed by atoms with E-state index in [1.54, 1.807) is 7.11 Å². The molecule has 3 rings (SSSR count). The van der Waals surface area contributed by atoms with Crippen molar-refractivity contribution in [2.75, 3.05) is 12.5 Å². The Bertz CT molecular complexity index is 982. The van der Waals surface area contributed by atoms with Crippen LogP contribution in [-0.2, 0) is 0 Å². The summed E-state index contributed by atoms with van der Waals surface area (Å²) in [4.78, 5) is 11.4. The molecule has 6 nitrogen and oxygen atoms in total. The summed E-state index contributed by atoms with van der Waals surface area (Å²) in [6.07, 6.45) is 1.41. The van der Waals surface area contributed by atoms with Gasteiger partial charge in [0.1, 0.15) is 16.5 Å². The average molecular weight is 343 g/mol. The molecule has 1 aromatic heterocycles. The number of ether oxygens (including phenoxy) is 1. The third-order valence-corrected chi connectivity index (χ3v) is 3.98. The molecule has 122 valence electrons. The van der Waals surface area contributed by atoms with Crippen molar-refractivity contribution >= 4 is 33.8 Å². The Morgan fingerprint density at radius 2 is 2.00 bits per heavy atom. The minimum Gasteiger partial charge on any atom is -0.497 e. The number of hydrogen-bond donors (Lipinski definition) is 2. The standard InChI is InChI=1S/C17H15ClN4O2/c1-10(20-21-15-9-19-22-17(23)16(15)18)11-3-4-13-8-14(24-2)6-5-12(13)7-11/h3-9H,1-2H3,(H2,21,22,23)/b20-10-. The first-order chi connectivity index (χ1) is 11.6. The van der Waals surface area contributed by atoms with Gasteiger partial charge in [0, 0.05) is 0 Å². The first-order valence-corrected chi connectivity index (χ1v) is 7.58. The molecule has 2 aromatic carbocycles. The Morgan fingerprint density at radius 1 is 1.25 bits per heavy atom. The normalized spacial score (nSPS) is 11.5. The lowest BCUT2D eigenvalue weighted by atomic mass is 10.0. The summed E-state index contributed by atoms with van der Waals surface area (Å²) in [5, 5.41) is 12.4. The smallest absolute Gasteiger partial charge is 0.285 e. The lowest BCUT2D eigenvalue weighted by molar-refractivity contribution is 0.415. The Balaban J connectivity index is 1.88. The fraction of sp³-hybridized carbons (Fsp3) is 0.118. The number of hydrogen-bond acceptors (Lipinski definition) is 5. The van der Waals surface area contributed by atoms with Gasteiger partial charge in [-0.3, -0.25) is 10.2 Å². The van der Waals surface area contributed by atoms with E-state index in [2.05, 4.69) is 20.7 Å². The van der Waals surface area contributed by atoms with Gasteiger partial charge in [0.05, 0.1) is 19.0 Å². The van der Waals surface area contributed by atoms with Gasteiger partial charge in [0.25, 0.3) is 5.56 Å². The van der Waals surface area contributed by atoms with E-state index in [-0.39, 0.29) is 5.02 Å². The third kappa shape index (κ3) is 3.23. The molecule has 0 amide bonds. The van der Waals surface area contributed by atoms with Crippen molar-refractivity contribution in [1.82, 2.24) is 10.2 Å². The number of benzene rings is 2. The molecular weight excluding hydrogens is 328 g/mol. The monoisotopic (exact) mass is 342 g/mol. The summed E-state index contributed by atoms with van der Waals surface area (Å²) >= 11 is 5.90. The van der Waals surface area contributed by atoms with Crippen LogP contribution in [0.15, 0.2) is 52.5 Å². The summed E-state index contributed by atoms with van der Waals surface area (Å²) in [5.74, 6) is 0.818. The van der Waals surface area contributed by atoms with E-state index in [4.69, 9.17) is 16.3 Å². The van der Waals surface area contributed by atoms with Crippen LogP contribution in [0.5, 0.6) is 5.75 Å². The van der Waals surface area contributed by atoms with E-state index in [0.29, 0.717) is 5.69 Å². The second-order valence-corrected chi connectivity index (χ2v) is 5.54. The molecule has 0 saturated heterocycles. The van der Waals surface area contributed by atoms with Gasteiger partial charge in [-0.15, -0.1) is 0 Å². The fourth-order valence-electron chi connectivity index (χ4n) is 2.25. The van der Waals surface area contributed by atoms with Gasteiger partial charge in [-0.25, -0.2) is 5.10 Å². The van der Waals surface area contributed by atoms with Crippen LogP contribution in [0.1, 0.15) is 12.5 Å². The molecule has 7 heteroatoms. The van der Waals surface area contributed by atoms with Crippen LogP contribution in [-0.4, -0.2) is 23.0 Å². The van der Waals surface area contributed by atoms with E-state index in [0.717, 1.165) is 27.8 Å². The summed E-state index contributed by atoms with van der Waals surface area (Å²) in [6.45, 7) is 1.87. The second kappa shape index (κ2) is 6.72. The maximum Gasteiger partial charge on any atom is 0.285 e. The highest BCUT2D eigenvalue weighted by Crippen LogP contribution is 2.22. The topological polar surface area (TPSA) is 79.4 Å². The van der Waals surface area contributed by atoms with Gasteiger partial charge in [0.15, 0.2) is 0 Å². The first-order valence-electron chi connectivity index (χ1n) is 7.20. The largest absolute Gasteiger partial charge is 0.497 e. The quantitative estimate of drug-likeness (QED) is 0.562. The molecule has 0 aliphatic rings. The molecule has 0 bridgehead atoms. The predicted molar refractivity (Wildman–Crippen MR) is 96.2 cm³/mol. The van der Waals surface area contributed by atoms with E-state index in [1.165, 1.54) is 6.20 Å². The summed E-state index contributed by atoms with van der Waals surface area (Å²) in [5.41, 5.74) is 4.37. The third-order valence-electron chi connectivity index (χ3n) is 3.60. The lowest BCUT2D eigenvalue weighted by Crippen LogP contribution is -2.10. The molecular formula is C17H15ClN4O2. The van der Waals surface area contributed by atoms with Crippen molar-refractivity contribution < 1.29 is 4.74 Å². The van der Waals surface area contributed by atoms with E-state index >= 15 is 0 Å². The van der Waals surface area contributed by atoms with Crippen LogP contribution in [0.25, 0.3) is 10.8 Å². The predicted octanol–water partition coefficient (Wildman–Crippen LogP) is 3.42. The van der Waals surface area contributed by atoms with Crippen LogP contribution >= 0.6 is 11.6 Å². The van der Waals surface area contributed by atoms with Gasteiger partial charge in [0.2, 0.25) is 0 Å². The summed E-state index contributed by atoms with van der Waals surface area (Å²) < 4.78 is 5.23. The Morgan fingerprint density at radius 3 is 2.79 bits per heavy atom. The number of H-pyrrole nitrogens is 1. The zero-order valence-corrected chi connectivity index (χ0v) is 13.9. The van der Waals surface area contributed by atoms with Crippen molar-refractivity contribution in [2.45, 2.75) is 6.92 Å². The Labute approximate surface area is 143 Å². The summed E-state index contributed by atoms with van der Waals surface area (Å²) in [7, 11) is 1.65. The second-order valence-electron chi connectivity index (χ2n) is 5.16. The number of halogens is 1. The number of methoxy groups -OCH3 is 1. The van der Waals surface area contributed by atoms with Crippen molar-refractivity contribution in [2.24, 2.45) is 5.10 Å². The summed E-state index contributed by atoms with van der Waals surface area (Å²) in [6, 6.07) is 11.9. The molecule has 0 radical (unpaired) electrons. The number of nitrogens with one attached hydrogen (secondary N) is 2. The number of nitrogens with zero attached hydrogens (tertiary/aromatic N) is 2. The van der Waals surface area contributed by atoms with Gasteiger partial charge < -0.3 is 4.74 Å². The molecule has 2 N–H and O–H groups in total. The van der Waals surface area contributed by atoms with Gasteiger partial charge >= 0.3 is 0 Å². The molecule has 0 unspecified atom stereocenters. The molecule has 0 aliphatic carbocycles. The van der Waals surface area contributed by atoms with Crippen molar-refractivity contribution in [3.05, 3.63) is 63.5 Å². The molecule has 0 atom stereocenters. The Kier molecular flexibility index (Phi) is 4.48. The van der Waals surface area contributed by atoms with Gasteiger partial charge in [-0.05, 0) is 41.5 Å². The Hall–Kier alpha value is -2.86. The zero-order valence-electron chi connectivity index (χ0n) is 13.1. The first kappa shape index (κ1) is 16.0. The number of aromatic nitrogens is 2. The lowest BCUT2D eigenvalue weighted by Gasteiger charge is -2.07. The van der Waals surface area contributed by atoms with E-state index in [9.17, 15) is 4.79 Å². The van der Waals surface area contributed by atoms with Crippen LogP contribution in [0, 0.1) is 0 Å². The number of fused-ring (bicyclic) bond motifs is 1. The van der Waals surface area contributed by atoms with Crippen molar-refractivity contribution in [3.8, 4) is 5.75 Å². The van der Waals surface area contributed by atoms with Crippen LogP contribution in [0.2, 0.25) is 5.02 Å². The van der Waals surface area contributed by atoms with E-state index < -0.39 is 5.56 Å². The maximum atomic E-state index is 11.4. The van der Waals surface area contributed by atoms with Crippen LogP contribution in [0.3, 0.4) is 0 Å². The van der Waals surface area contributed by atoms with E-state index in [1.807, 2.05) is 43.3 Å². The highest BCUT2D eigenvalue weighted by Gasteiger charge is 2.05. The molecule has 0 saturated carbocycles. The molecule has 24 heavy (non-hydrogen) atoms. The van der Waals surface area contributed by atoms with Crippen molar-refractivity contribution in [1.29, 1.82) is 0 Å². The zero-order chi connectivity index (χ0) is 17.1. The molecule has 1 heterocycles. The molecule has 3 aromatic rings. The maximum absolute atomic E-state index is 11.4. The molecule has 0 spiro atoms. The highest BCUT2D eigenvalue weighted by atomic mass is 35.5. The van der Waals surface area contributed by atoms with Crippen LogP contribution < -0.4 is 15.7 Å². The highest BCUT2D eigenvalue weighted by molar-refractivity contribution is 6.32.